The number of nitrogens with zero attached hydrogens (tertiary/aromatic N) is 1. The van der Waals surface area contributed by atoms with Gasteiger partial charge in [-0.2, -0.15) is 0 Å². The first kappa shape index (κ1) is 10.6. The molecule has 0 fully saturated rings. The van der Waals surface area contributed by atoms with Crippen molar-refractivity contribution in [2.45, 2.75) is 13.8 Å². The van der Waals surface area contributed by atoms with Crippen LogP contribution in [0.1, 0.15) is 13.8 Å². The van der Waals surface area contributed by atoms with E-state index in [4.69, 9.17) is 0 Å². The summed E-state index contributed by atoms with van der Waals surface area (Å²) < 4.78 is 25.4. The lowest BCUT2D eigenvalue weighted by atomic mass is 10.3. The Balaban J connectivity index is 2.64. The maximum atomic E-state index is 13.0. The van der Waals surface area contributed by atoms with E-state index in [1.54, 1.807) is 0 Å². The third-order valence-electron chi connectivity index (χ3n) is 1.59. The molecule has 0 saturated heterocycles. The molecule has 76 valence electrons. The molecule has 4 heteroatoms. The summed E-state index contributed by atoms with van der Waals surface area (Å²) in [6, 6.07) is 0.803. The lowest BCUT2D eigenvalue weighted by molar-refractivity contribution is 0.576. The van der Waals surface area contributed by atoms with Gasteiger partial charge in [0.25, 0.3) is 0 Å². The fourth-order valence-corrected chi connectivity index (χ4v) is 0.896. The second-order valence-corrected chi connectivity index (χ2v) is 3.15. The molecule has 0 aliphatic heterocycles. The molecule has 0 radical (unpaired) electrons. The summed E-state index contributed by atoms with van der Waals surface area (Å²) in [5.41, 5.74) is 1.13. The summed E-state index contributed by atoms with van der Waals surface area (Å²) in [6.07, 6.45) is 2.87. The molecule has 1 aromatic heterocycles. The Bertz CT molecular complexity index is 344. The van der Waals surface area contributed by atoms with Crippen molar-refractivity contribution in [3.05, 3.63) is 35.5 Å². The normalized spacial score (nSPS) is 9.71. The summed E-state index contributed by atoms with van der Waals surface area (Å²) >= 11 is 0. The number of pyridine rings is 1. The highest BCUT2D eigenvalue weighted by atomic mass is 19.1. The first-order valence-electron chi connectivity index (χ1n) is 4.28. The van der Waals surface area contributed by atoms with Crippen LogP contribution in [-0.2, 0) is 0 Å². The number of hydrogen-bond acceptors (Lipinski definition) is 2. The minimum absolute atomic E-state index is 0.0731. The van der Waals surface area contributed by atoms with Crippen molar-refractivity contribution in [3.63, 3.8) is 0 Å². The third-order valence-corrected chi connectivity index (χ3v) is 1.59. The number of rotatable bonds is 3. The Hall–Kier alpha value is -1.45. The van der Waals surface area contributed by atoms with Gasteiger partial charge in [0.2, 0.25) is 0 Å². The van der Waals surface area contributed by atoms with Gasteiger partial charge in [0, 0.05) is 12.6 Å². The van der Waals surface area contributed by atoms with Gasteiger partial charge < -0.3 is 5.32 Å². The topological polar surface area (TPSA) is 24.9 Å². The Labute approximate surface area is 81.7 Å². The third kappa shape index (κ3) is 3.12. The van der Waals surface area contributed by atoms with Gasteiger partial charge in [-0.25, -0.2) is 13.8 Å². The minimum Gasteiger partial charge on any atom is -0.364 e. The largest absolute Gasteiger partial charge is 0.364 e. The number of nitrogens with one attached hydrogen (secondary N) is 1. The molecule has 0 amide bonds. The summed E-state index contributed by atoms with van der Waals surface area (Å²) in [7, 11) is 0. The van der Waals surface area contributed by atoms with Crippen LogP contribution in [0, 0.1) is 11.6 Å². The number of aromatic nitrogens is 1. The van der Waals surface area contributed by atoms with Crippen LogP contribution in [0.15, 0.2) is 23.9 Å². The van der Waals surface area contributed by atoms with E-state index >= 15 is 0 Å². The quantitative estimate of drug-likeness (QED) is 0.755. The van der Waals surface area contributed by atoms with Crippen LogP contribution in [0.4, 0.5) is 14.6 Å². The number of anilines is 1. The molecule has 0 atom stereocenters. The zero-order chi connectivity index (χ0) is 10.6. The van der Waals surface area contributed by atoms with Crippen LogP contribution in [0.5, 0.6) is 0 Å². The Kier molecular flexibility index (Phi) is 3.56. The molecular weight excluding hydrogens is 186 g/mol. The van der Waals surface area contributed by atoms with Crippen molar-refractivity contribution in [2.24, 2.45) is 0 Å². The standard InChI is InChI=1S/C10H12F2N2/c1-7(2)3-4-13-10-9(12)5-8(11)6-14-10/h3,5-6H,4H2,1-2H3,(H,13,14). The molecule has 0 spiro atoms. The molecule has 0 unspecified atom stereocenters. The first-order valence-corrected chi connectivity index (χ1v) is 4.28. The highest BCUT2D eigenvalue weighted by Crippen LogP contribution is 2.10. The van der Waals surface area contributed by atoms with Crippen LogP contribution < -0.4 is 5.32 Å². The van der Waals surface area contributed by atoms with Crippen molar-refractivity contribution in [1.82, 2.24) is 4.98 Å². The maximum Gasteiger partial charge on any atom is 0.168 e. The van der Waals surface area contributed by atoms with Crippen LogP contribution in [0.3, 0.4) is 0 Å². The molecule has 0 aliphatic rings. The Morgan fingerprint density at radius 2 is 2.21 bits per heavy atom. The minimum atomic E-state index is -0.674. The van der Waals surface area contributed by atoms with E-state index in [1.807, 2.05) is 19.9 Å². The molecular formula is C10H12F2N2. The van der Waals surface area contributed by atoms with E-state index in [9.17, 15) is 8.78 Å². The van der Waals surface area contributed by atoms with Gasteiger partial charge in [-0.15, -0.1) is 0 Å². The molecule has 1 heterocycles. The van der Waals surface area contributed by atoms with Crippen molar-refractivity contribution in [1.29, 1.82) is 0 Å². The van der Waals surface area contributed by atoms with Crippen molar-refractivity contribution in [2.75, 3.05) is 11.9 Å². The van der Waals surface area contributed by atoms with Crippen molar-refractivity contribution in [3.8, 4) is 0 Å². The summed E-state index contributed by atoms with van der Waals surface area (Å²) in [4.78, 5) is 3.58. The lowest BCUT2D eigenvalue weighted by Gasteiger charge is -2.03. The second kappa shape index (κ2) is 4.69. The zero-order valence-corrected chi connectivity index (χ0v) is 8.14. The van der Waals surface area contributed by atoms with E-state index < -0.39 is 11.6 Å². The molecule has 1 rings (SSSR count). The highest BCUT2D eigenvalue weighted by Gasteiger charge is 2.02. The van der Waals surface area contributed by atoms with Crippen molar-refractivity contribution >= 4 is 5.82 Å². The predicted molar refractivity (Wildman–Crippen MR) is 52.1 cm³/mol. The molecule has 0 aliphatic carbocycles. The molecule has 1 aromatic rings. The van der Waals surface area contributed by atoms with Gasteiger partial charge in [-0.05, 0) is 13.8 Å². The average molecular weight is 198 g/mol. The van der Waals surface area contributed by atoms with Gasteiger partial charge >= 0.3 is 0 Å². The van der Waals surface area contributed by atoms with E-state index in [0.717, 1.165) is 17.8 Å². The maximum absolute atomic E-state index is 13.0. The van der Waals surface area contributed by atoms with E-state index in [2.05, 4.69) is 10.3 Å². The monoisotopic (exact) mass is 198 g/mol. The lowest BCUT2D eigenvalue weighted by Crippen LogP contribution is -2.03. The smallest absolute Gasteiger partial charge is 0.168 e. The van der Waals surface area contributed by atoms with Crippen LogP contribution >= 0.6 is 0 Å². The number of allylic oxidation sites excluding steroid dienone is 1. The van der Waals surface area contributed by atoms with E-state index in [-0.39, 0.29) is 5.82 Å². The Morgan fingerprint density at radius 3 is 2.79 bits per heavy atom. The summed E-state index contributed by atoms with van der Waals surface area (Å²) in [5, 5.41) is 2.74. The van der Waals surface area contributed by atoms with E-state index in [1.165, 1.54) is 0 Å². The van der Waals surface area contributed by atoms with E-state index in [0.29, 0.717) is 6.54 Å². The zero-order valence-electron chi connectivity index (χ0n) is 8.14. The van der Waals surface area contributed by atoms with Gasteiger partial charge in [-0.3, -0.25) is 0 Å². The molecule has 14 heavy (non-hydrogen) atoms. The van der Waals surface area contributed by atoms with Gasteiger partial charge in [0.1, 0.15) is 5.82 Å². The molecule has 2 nitrogen and oxygen atoms in total. The first-order chi connectivity index (χ1) is 6.59. The molecule has 0 saturated carbocycles. The van der Waals surface area contributed by atoms with Gasteiger partial charge in [0.15, 0.2) is 11.6 Å². The van der Waals surface area contributed by atoms with Gasteiger partial charge in [-0.1, -0.05) is 11.6 Å². The van der Waals surface area contributed by atoms with Crippen LogP contribution in [0.25, 0.3) is 0 Å². The Morgan fingerprint density at radius 1 is 1.50 bits per heavy atom. The summed E-state index contributed by atoms with van der Waals surface area (Å²) in [6.45, 7) is 4.37. The second-order valence-electron chi connectivity index (χ2n) is 3.15. The SMILES string of the molecule is CC(C)=CCNc1ncc(F)cc1F. The van der Waals surface area contributed by atoms with Crippen LogP contribution in [-0.4, -0.2) is 11.5 Å². The number of hydrogen-bond donors (Lipinski definition) is 1. The van der Waals surface area contributed by atoms with Gasteiger partial charge in [0.05, 0.1) is 6.20 Å². The molecule has 0 aromatic carbocycles. The summed E-state index contributed by atoms with van der Waals surface area (Å²) in [5.74, 6) is -1.27. The van der Waals surface area contributed by atoms with Crippen molar-refractivity contribution < 1.29 is 8.78 Å². The highest BCUT2D eigenvalue weighted by molar-refractivity contribution is 5.36. The average Bonchev–Trinajstić information content (AvgIpc) is 2.08. The fraction of sp³-hybridized carbons (Fsp3) is 0.300. The fourth-order valence-electron chi connectivity index (χ4n) is 0.896. The number of halogens is 2. The molecule has 1 N–H and O–H groups in total. The molecule has 0 bridgehead atoms. The predicted octanol–water partition coefficient (Wildman–Crippen LogP) is 2.74. The van der Waals surface area contributed by atoms with Crippen LogP contribution in [0.2, 0.25) is 0 Å².